The number of ether oxygens (including phenoxy) is 1. The minimum absolute atomic E-state index is 0.107. The average molecular weight is 444 g/mol. The van der Waals surface area contributed by atoms with E-state index in [2.05, 4.69) is 43.4 Å². The highest BCUT2D eigenvalue weighted by Gasteiger charge is 2.43. The van der Waals surface area contributed by atoms with Gasteiger partial charge in [-0.2, -0.15) is 0 Å². The number of hydrogen-bond acceptors (Lipinski definition) is 4. The molecule has 0 radical (unpaired) electrons. The summed E-state index contributed by atoms with van der Waals surface area (Å²) in [5.41, 5.74) is 6.14. The van der Waals surface area contributed by atoms with E-state index in [1.165, 1.54) is 0 Å². The summed E-state index contributed by atoms with van der Waals surface area (Å²) in [6.07, 6.45) is 1.68. The third-order valence-corrected chi connectivity index (χ3v) is 6.39. The number of Topliss-reactive ketones (excluding diaryl/α,β-unsaturated/α-hetero) is 1. The number of nitrogens with one attached hydrogen (secondary N) is 1. The summed E-state index contributed by atoms with van der Waals surface area (Å²) in [6, 6.07) is 18.4. The van der Waals surface area contributed by atoms with Crippen LogP contribution in [0.15, 0.2) is 77.1 Å². The molecule has 0 bridgehead atoms. The van der Waals surface area contributed by atoms with Crippen LogP contribution in [0.2, 0.25) is 0 Å². The van der Waals surface area contributed by atoms with Crippen molar-refractivity contribution in [3.05, 3.63) is 82.7 Å². The van der Waals surface area contributed by atoms with Crippen LogP contribution in [0.25, 0.3) is 11.1 Å². The van der Waals surface area contributed by atoms with Gasteiger partial charge in [0.2, 0.25) is 0 Å². The van der Waals surface area contributed by atoms with Crippen LogP contribution in [0, 0.1) is 5.41 Å². The maximum absolute atomic E-state index is 13.4. The fourth-order valence-corrected chi connectivity index (χ4v) is 4.98. The van der Waals surface area contributed by atoms with Gasteiger partial charge in [-0.1, -0.05) is 75.4 Å². The molecule has 4 heteroatoms. The second-order valence-corrected chi connectivity index (χ2v) is 10.1. The molecule has 0 amide bonds. The SMILES string of the molecule is CCC1=C(C(=O)OC(C)C)C(c2ccc(-c3ccccc3)cc2)C2=C(CC(C)(C)CC2=O)N1. The minimum Gasteiger partial charge on any atom is -0.460 e. The molecule has 4 nitrogen and oxygen atoms in total. The lowest BCUT2D eigenvalue weighted by atomic mass is 9.68. The smallest absolute Gasteiger partial charge is 0.337 e. The molecule has 0 spiro atoms. The van der Waals surface area contributed by atoms with Crippen molar-refractivity contribution in [3.8, 4) is 11.1 Å². The summed E-state index contributed by atoms with van der Waals surface area (Å²) in [6.45, 7) is 9.98. The number of rotatable bonds is 5. The summed E-state index contributed by atoms with van der Waals surface area (Å²) in [7, 11) is 0. The lowest BCUT2D eigenvalue weighted by Gasteiger charge is -2.40. The highest BCUT2D eigenvalue weighted by Crippen LogP contribution is 2.47. The third kappa shape index (κ3) is 4.66. The van der Waals surface area contributed by atoms with Crippen LogP contribution in [0.3, 0.4) is 0 Å². The first-order valence-corrected chi connectivity index (χ1v) is 11.8. The van der Waals surface area contributed by atoms with Gasteiger partial charge in [-0.25, -0.2) is 4.79 Å². The first kappa shape index (κ1) is 23.0. The average Bonchev–Trinajstić information content (AvgIpc) is 2.77. The number of dihydropyridines is 1. The molecular formula is C29H33NO3. The predicted molar refractivity (Wildman–Crippen MR) is 131 cm³/mol. The van der Waals surface area contributed by atoms with Crippen molar-refractivity contribution in [2.45, 2.75) is 65.9 Å². The van der Waals surface area contributed by atoms with Crippen LogP contribution in [-0.4, -0.2) is 17.9 Å². The number of hydrogen-bond donors (Lipinski definition) is 1. The van der Waals surface area contributed by atoms with Crippen LogP contribution >= 0.6 is 0 Å². The third-order valence-electron chi connectivity index (χ3n) is 6.39. The normalized spacial score (nSPS) is 19.9. The van der Waals surface area contributed by atoms with E-state index < -0.39 is 5.92 Å². The van der Waals surface area contributed by atoms with Crippen molar-refractivity contribution in [1.29, 1.82) is 0 Å². The lowest BCUT2D eigenvalue weighted by Crippen LogP contribution is -2.39. The standard InChI is InChI=1S/C29H33NO3/c1-6-22-27(28(32)33-18(2)3)25(26-23(30-22)16-29(4,5)17-24(26)31)21-14-12-20(13-15-21)19-10-8-7-9-11-19/h7-15,18,25,30H,6,16-17H2,1-5H3. The van der Waals surface area contributed by atoms with E-state index in [4.69, 9.17) is 4.74 Å². The summed E-state index contributed by atoms with van der Waals surface area (Å²) >= 11 is 0. The Balaban J connectivity index is 1.84. The van der Waals surface area contributed by atoms with Gasteiger partial charge in [-0.3, -0.25) is 4.79 Å². The lowest BCUT2D eigenvalue weighted by molar-refractivity contribution is -0.143. The van der Waals surface area contributed by atoms with Gasteiger partial charge in [-0.05, 0) is 48.8 Å². The Kier molecular flexibility index (Phi) is 6.29. The maximum atomic E-state index is 13.4. The molecule has 1 N–H and O–H groups in total. The molecule has 0 saturated carbocycles. The number of esters is 1. The molecule has 1 aliphatic heterocycles. The van der Waals surface area contributed by atoms with E-state index in [0.29, 0.717) is 18.4 Å². The quantitative estimate of drug-likeness (QED) is 0.551. The van der Waals surface area contributed by atoms with Gasteiger partial charge in [0.25, 0.3) is 0 Å². The highest BCUT2D eigenvalue weighted by molar-refractivity contribution is 6.04. The van der Waals surface area contributed by atoms with Crippen molar-refractivity contribution >= 4 is 11.8 Å². The van der Waals surface area contributed by atoms with Crippen molar-refractivity contribution in [2.24, 2.45) is 5.41 Å². The largest absolute Gasteiger partial charge is 0.460 e. The Hall–Kier alpha value is -3.14. The number of carbonyl (C=O) groups excluding carboxylic acids is 2. The Morgan fingerprint density at radius 3 is 2.27 bits per heavy atom. The van der Waals surface area contributed by atoms with E-state index >= 15 is 0 Å². The topological polar surface area (TPSA) is 55.4 Å². The molecule has 0 aromatic heterocycles. The molecule has 0 fully saturated rings. The van der Waals surface area contributed by atoms with E-state index in [9.17, 15) is 9.59 Å². The molecule has 1 unspecified atom stereocenters. The fourth-order valence-electron chi connectivity index (χ4n) is 4.98. The first-order valence-electron chi connectivity index (χ1n) is 11.8. The van der Waals surface area contributed by atoms with E-state index in [-0.39, 0.29) is 23.3 Å². The molecule has 1 aliphatic carbocycles. The summed E-state index contributed by atoms with van der Waals surface area (Å²) in [4.78, 5) is 26.7. The number of benzene rings is 2. The van der Waals surface area contributed by atoms with Gasteiger partial charge in [0.05, 0.1) is 11.7 Å². The second-order valence-electron chi connectivity index (χ2n) is 10.1. The molecule has 2 aromatic rings. The zero-order valence-corrected chi connectivity index (χ0v) is 20.2. The van der Waals surface area contributed by atoms with Crippen molar-refractivity contribution in [2.75, 3.05) is 0 Å². The number of allylic oxidation sites excluding steroid dienone is 3. The number of carbonyl (C=O) groups is 2. The van der Waals surface area contributed by atoms with Gasteiger partial charge in [0, 0.05) is 29.3 Å². The molecule has 172 valence electrons. The fraction of sp³-hybridized carbons (Fsp3) is 0.379. The van der Waals surface area contributed by atoms with Gasteiger partial charge in [0.15, 0.2) is 5.78 Å². The van der Waals surface area contributed by atoms with E-state index in [1.807, 2.05) is 51.1 Å². The van der Waals surface area contributed by atoms with Crippen LogP contribution in [0.4, 0.5) is 0 Å². The molecule has 2 aromatic carbocycles. The summed E-state index contributed by atoms with van der Waals surface area (Å²) in [5.74, 6) is -0.664. The Morgan fingerprint density at radius 2 is 1.67 bits per heavy atom. The van der Waals surface area contributed by atoms with Crippen molar-refractivity contribution in [1.82, 2.24) is 5.32 Å². The monoisotopic (exact) mass is 443 g/mol. The Bertz CT molecular complexity index is 1120. The van der Waals surface area contributed by atoms with E-state index in [0.717, 1.165) is 40.1 Å². The van der Waals surface area contributed by atoms with Gasteiger partial charge in [-0.15, -0.1) is 0 Å². The van der Waals surface area contributed by atoms with Crippen LogP contribution in [-0.2, 0) is 14.3 Å². The predicted octanol–water partition coefficient (Wildman–Crippen LogP) is 6.30. The minimum atomic E-state index is -0.420. The van der Waals surface area contributed by atoms with E-state index in [1.54, 1.807) is 0 Å². The van der Waals surface area contributed by atoms with Gasteiger partial charge in [0.1, 0.15) is 0 Å². The molecular weight excluding hydrogens is 410 g/mol. The molecule has 1 heterocycles. The van der Waals surface area contributed by atoms with Gasteiger partial charge < -0.3 is 10.1 Å². The molecule has 0 saturated heterocycles. The van der Waals surface area contributed by atoms with Gasteiger partial charge >= 0.3 is 5.97 Å². The van der Waals surface area contributed by atoms with Crippen molar-refractivity contribution < 1.29 is 14.3 Å². The van der Waals surface area contributed by atoms with Crippen LogP contribution in [0.1, 0.15) is 65.4 Å². The van der Waals surface area contributed by atoms with Crippen molar-refractivity contribution in [3.63, 3.8) is 0 Å². The molecule has 2 aliphatic rings. The summed E-state index contributed by atoms with van der Waals surface area (Å²) < 4.78 is 5.65. The molecule has 33 heavy (non-hydrogen) atoms. The maximum Gasteiger partial charge on any atom is 0.337 e. The first-order chi connectivity index (χ1) is 15.7. The second kappa shape index (κ2) is 9.01. The highest BCUT2D eigenvalue weighted by atomic mass is 16.5. The Morgan fingerprint density at radius 1 is 1.03 bits per heavy atom. The summed E-state index contributed by atoms with van der Waals surface area (Å²) in [5, 5.41) is 3.47. The Labute approximate surface area is 196 Å². The van der Waals surface area contributed by atoms with Crippen LogP contribution < -0.4 is 5.32 Å². The molecule has 1 atom stereocenters. The molecule has 4 rings (SSSR count). The zero-order valence-electron chi connectivity index (χ0n) is 20.2. The zero-order chi connectivity index (χ0) is 23.8. The van der Waals surface area contributed by atoms with Crippen LogP contribution in [0.5, 0.6) is 0 Å². The number of ketones is 1.